The molecule has 1 saturated carbocycles. The number of nitrogens with two attached hydrogens (primary N) is 1. The summed E-state index contributed by atoms with van der Waals surface area (Å²) in [5.41, 5.74) is 5.99. The van der Waals surface area contributed by atoms with Crippen LogP contribution in [0.5, 0.6) is 0 Å². The Bertz CT molecular complexity index is 386. The highest BCUT2D eigenvalue weighted by atomic mass is 16.4. The molecule has 2 aliphatic rings. The highest BCUT2D eigenvalue weighted by molar-refractivity contribution is 5.84. The third kappa shape index (κ3) is 3.76. The van der Waals surface area contributed by atoms with E-state index in [2.05, 4.69) is 0 Å². The van der Waals surface area contributed by atoms with Crippen LogP contribution < -0.4 is 5.73 Å². The fourth-order valence-corrected chi connectivity index (χ4v) is 4.04. The average molecular weight is 296 g/mol. The van der Waals surface area contributed by atoms with Gasteiger partial charge in [0.15, 0.2) is 0 Å². The lowest BCUT2D eigenvalue weighted by molar-refractivity contribution is -0.158. The van der Waals surface area contributed by atoms with Crippen LogP contribution in [0.1, 0.15) is 64.7 Å². The molecular weight excluding hydrogens is 268 g/mol. The fourth-order valence-electron chi connectivity index (χ4n) is 4.04. The maximum absolute atomic E-state index is 12.6. The molecule has 3 N–H and O–H groups in total. The quantitative estimate of drug-likeness (QED) is 0.814. The van der Waals surface area contributed by atoms with Crippen LogP contribution in [0.15, 0.2) is 0 Å². The molecule has 4 unspecified atom stereocenters. The topological polar surface area (TPSA) is 83.6 Å². The zero-order valence-electron chi connectivity index (χ0n) is 13.0. The van der Waals surface area contributed by atoms with Crippen molar-refractivity contribution in [2.45, 2.75) is 82.8 Å². The van der Waals surface area contributed by atoms with E-state index in [1.54, 1.807) is 4.90 Å². The lowest BCUT2D eigenvalue weighted by atomic mass is 9.76. The first kappa shape index (κ1) is 16.3. The summed E-state index contributed by atoms with van der Waals surface area (Å²) in [5, 5.41) is 9.46. The molecule has 1 aliphatic carbocycles. The van der Waals surface area contributed by atoms with Crippen molar-refractivity contribution in [1.82, 2.24) is 4.90 Å². The van der Waals surface area contributed by atoms with Gasteiger partial charge in [-0.05, 0) is 38.0 Å². The highest BCUT2D eigenvalue weighted by Gasteiger charge is 2.43. The molecule has 120 valence electrons. The van der Waals surface area contributed by atoms with Crippen LogP contribution in [0.3, 0.4) is 0 Å². The number of nitrogens with zero attached hydrogens (tertiary/aromatic N) is 1. The molecule has 0 aromatic heterocycles. The zero-order chi connectivity index (χ0) is 15.4. The van der Waals surface area contributed by atoms with Gasteiger partial charge in [0.25, 0.3) is 0 Å². The smallest absolute Gasteiger partial charge is 0.326 e. The average Bonchev–Trinajstić information content (AvgIpc) is 2.45. The minimum atomic E-state index is -0.864. The minimum absolute atomic E-state index is 0.0556. The summed E-state index contributed by atoms with van der Waals surface area (Å²) in [6.07, 6.45) is 7.94. The van der Waals surface area contributed by atoms with Gasteiger partial charge in [0.2, 0.25) is 5.91 Å². The Kier molecular flexibility index (Phi) is 5.62. The maximum atomic E-state index is 12.6. The number of carboxylic acid groups (broad SMARTS) is 1. The van der Waals surface area contributed by atoms with E-state index in [9.17, 15) is 14.7 Å². The summed E-state index contributed by atoms with van der Waals surface area (Å²) in [5.74, 6) is -0.433. The van der Waals surface area contributed by atoms with E-state index in [-0.39, 0.29) is 24.4 Å². The van der Waals surface area contributed by atoms with Gasteiger partial charge in [-0.15, -0.1) is 0 Å². The lowest BCUT2D eigenvalue weighted by Gasteiger charge is -2.47. The Morgan fingerprint density at radius 3 is 2.62 bits per heavy atom. The van der Waals surface area contributed by atoms with Crippen LogP contribution >= 0.6 is 0 Å². The number of hydrogen-bond acceptors (Lipinski definition) is 3. The van der Waals surface area contributed by atoms with Gasteiger partial charge in [-0.2, -0.15) is 0 Å². The highest BCUT2D eigenvalue weighted by Crippen LogP contribution is 2.38. The van der Waals surface area contributed by atoms with Crippen LogP contribution in [-0.4, -0.2) is 40.0 Å². The number of carbonyl (C=O) groups is 2. The monoisotopic (exact) mass is 296 g/mol. The van der Waals surface area contributed by atoms with Crippen molar-refractivity contribution in [3.05, 3.63) is 0 Å². The van der Waals surface area contributed by atoms with Crippen LogP contribution in [0.25, 0.3) is 0 Å². The van der Waals surface area contributed by atoms with Gasteiger partial charge >= 0.3 is 5.97 Å². The molecule has 0 radical (unpaired) electrons. The van der Waals surface area contributed by atoms with E-state index >= 15 is 0 Å². The summed E-state index contributed by atoms with van der Waals surface area (Å²) in [4.78, 5) is 25.9. The van der Waals surface area contributed by atoms with Crippen LogP contribution in [-0.2, 0) is 9.59 Å². The summed E-state index contributed by atoms with van der Waals surface area (Å²) in [7, 11) is 0. The standard InChI is InChI=1S/C16H28N2O3/c1-2-5-12(17)10-15(19)18-13-7-4-3-6-11(13)8-9-14(18)16(20)21/h11-14H,2-10,17H2,1H3,(H,20,21). The Morgan fingerprint density at radius 2 is 1.95 bits per heavy atom. The van der Waals surface area contributed by atoms with Crippen molar-refractivity contribution in [2.75, 3.05) is 0 Å². The second-order valence-electron chi connectivity index (χ2n) is 6.60. The molecule has 1 heterocycles. The molecule has 1 amide bonds. The van der Waals surface area contributed by atoms with Crippen LogP contribution in [0.2, 0.25) is 0 Å². The van der Waals surface area contributed by atoms with Crippen molar-refractivity contribution in [3.63, 3.8) is 0 Å². The zero-order valence-corrected chi connectivity index (χ0v) is 13.0. The van der Waals surface area contributed by atoms with Gasteiger partial charge in [-0.25, -0.2) is 4.79 Å². The number of aliphatic carboxylic acids is 1. The number of likely N-dealkylation sites (tertiary alicyclic amines) is 1. The normalized spacial score (nSPS) is 30.6. The van der Waals surface area contributed by atoms with Gasteiger partial charge in [0, 0.05) is 18.5 Å². The molecular formula is C16H28N2O3. The van der Waals surface area contributed by atoms with Crippen LogP contribution in [0, 0.1) is 5.92 Å². The fraction of sp³-hybridized carbons (Fsp3) is 0.875. The second-order valence-corrected chi connectivity index (χ2v) is 6.60. The van der Waals surface area contributed by atoms with Gasteiger partial charge < -0.3 is 15.7 Å². The Labute approximate surface area is 126 Å². The molecule has 5 heteroatoms. The summed E-state index contributed by atoms with van der Waals surface area (Å²) >= 11 is 0. The SMILES string of the molecule is CCCC(N)CC(=O)N1C(C(=O)O)CCC2CCCCC21. The lowest BCUT2D eigenvalue weighted by Crippen LogP contribution is -2.58. The summed E-state index contributed by atoms with van der Waals surface area (Å²) < 4.78 is 0. The molecule has 1 saturated heterocycles. The van der Waals surface area contributed by atoms with Crippen molar-refractivity contribution >= 4 is 11.9 Å². The van der Waals surface area contributed by atoms with E-state index in [4.69, 9.17) is 5.73 Å². The van der Waals surface area contributed by atoms with Gasteiger partial charge in [-0.1, -0.05) is 26.2 Å². The summed E-state index contributed by atoms with van der Waals surface area (Å²) in [6.45, 7) is 2.04. The second kappa shape index (κ2) is 7.25. The minimum Gasteiger partial charge on any atom is -0.480 e. The molecule has 0 spiro atoms. The Hall–Kier alpha value is -1.10. The first-order valence-electron chi connectivity index (χ1n) is 8.34. The van der Waals surface area contributed by atoms with E-state index in [0.717, 1.165) is 38.5 Å². The van der Waals surface area contributed by atoms with Crippen molar-refractivity contribution in [1.29, 1.82) is 0 Å². The molecule has 1 aliphatic heterocycles. The molecule has 0 aromatic carbocycles. The van der Waals surface area contributed by atoms with Gasteiger partial charge in [0.05, 0.1) is 0 Å². The number of piperidine rings is 1. The van der Waals surface area contributed by atoms with Crippen molar-refractivity contribution in [3.8, 4) is 0 Å². The molecule has 0 bridgehead atoms. The summed E-state index contributed by atoms with van der Waals surface area (Å²) in [6, 6.07) is -0.679. The molecule has 2 fully saturated rings. The Morgan fingerprint density at radius 1 is 1.24 bits per heavy atom. The molecule has 5 nitrogen and oxygen atoms in total. The van der Waals surface area contributed by atoms with E-state index < -0.39 is 12.0 Å². The Balaban J connectivity index is 2.12. The molecule has 2 rings (SSSR count). The number of carboxylic acids is 1. The maximum Gasteiger partial charge on any atom is 0.326 e. The van der Waals surface area contributed by atoms with Crippen molar-refractivity contribution in [2.24, 2.45) is 11.7 Å². The largest absolute Gasteiger partial charge is 0.480 e. The van der Waals surface area contributed by atoms with E-state index in [1.807, 2.05) is 6.92 Å². The molecule has 21 heavy (non-hydrogen) atoms. The first-order valence-corrected chi connectivity index (χ1v) is 8.34. The van der Waals surface area contributed by atoms with Gasteiger partial charge in [-0.3, -0.25) is 4.79 Å². The predicted octanol–water partition coefficient (Wildman–Crippen LogP) is 2.14. The third-order valence-electron chi connectivity index (χ3n) is 5.04. The number of hydrogen-bond donors (Lipinski definition) is 2. The van der Waals surface area contributed by atoms with Crippen LogP contribution in [0.4, 0.5) is 0 Å². The third-order valence-corrected chi connectivity index (χ3v) is 5.04. The first-order chi connectivity index (χ1) is 10.0. The number of fused-ring (bicyclic) bond motifs is 1. The molecule has 4 atom stereocenters. The van der Waals surface area contributed by atoms with Gasteiger partial charge in [0.1, 0.15) is 6.04 Å². The van der Waals surface area contributed by atoms with Crippen molar-refractivity contribution < 1.29 is 14.7 Å². The molecule has 0 aromatic rings. The van der Waals surface area contributed by atoms with E-state index in [0.29, 0.717) is 12.3 Å². The number of amides is 1. The number of rotatable bonds is 5. The predicted molar refractivity (Wildman–Crippen MR) is 80.8 cm³/mol. The number of carbonyl (C=O) groups excluding carboxylic acids is 1. The van der Waals surface area contributed by atoms with E-state index in [1.165, 1.54) is 6.42 Å².